The van der Waals surface area contributed by atoms with E-state index in [9.17, 15) is 14.4 Å². The SMILES string of the molecule is O=C1NC(=O)C(C=Nc2ccc(-c3ccccc3)cc2)C(=O)N1. The molecule has 0 aromatic heterocycles. The first-order valence-corrected chi connectivity index (χ1v) is 6.99. The second-order valence-electron chi connectivity index (χ2n) is 4.98. The lowest BCUT2D eigenvalue weighted by Crippen LogP contribution is -2.56. The van der Waals surface area contributed by atoms with Crippen LogP contribution in [-0.4, -0.2) is 24.1 Å². The molecule has 1 saturated heterocycles. The van der Waals surface area contributed by atoms with Crippen molar-refractivity contribution in [2.75, 3.05) is 0 Å². The van der Waals surface area contributed by atoms with E-state index in [1.165, 1.54) is 6.21 Å². The number of carbonyl (C=O) groups is 3. The summed E-state index contributed by atoms with van der Waals surface area (Å²) in [5, 5.41) is 4.05. The van der Waals surface area contributed by atoms with Gasteiger partial charge in [0.05, 0.1) is 5.69 Å². The number of rotatable bonds is 3. The van der Waals surface area contributed by atoms with Crippen molar-refractivity contribution in [3.8, 4) is 11.1 Å². The van der Waals surface area contributed by atoms with Crippen LogP contribution in [0.2, 0.25) is 0 Å². The third kappa shape index (κ3) is 3.32. The van der Waals surface area contributed by atoms with Crippen molar-refractivity contribution in [2.24, 2.45) is 10.9 Å². The van der Waals surface area contributed by atoms with Crippen LogP contribution in [-0.2, 0) is 9.59 Å². The average Bonchev–Trinajstić information content (AvgIpc) is 2.55. The van der Waals surface area contributed by atoms with Gasteiger partial charge in [-0.2, -0.15) is 0 Å². The van der Waals surface area contributed by atoms with Crippen LogP contribution in [0.5, 0.6) is 0 Å². The number of aliphatic imine (C=N–C) groups is 1. The first kappa shape index (κ1) is 14.6. The van der Waals surface area contributed by atoms with Gasteiger partial charge >= 0.3 is 6.03 Å². The monoisotopic (exact) mass is 307 g/mol. The van der Waals surface area contributed by atoms with E-state index >= 15 is 0 Å². The van der Waals surface area contributed by atoms with Crippen LogP contribution in [0.1, 0.15) is 0 Å². The van der Waals surface area contributed by atoms with Gasteiger partial charge in [-0.15, -0.1) is 0 Å². The molecule has 1 aliphatic heterocycles. The summed E-state index contributed by atoms with van der Waals surface area (Å²) in [4.78, 5) is 38.3. The number of nitrogens with one attached hydrogen (secondary N) is 2. The third-order valence-electron chi connectivity index (χ3n) is 3.39. The van der Waals surface area contributed by atoms with Crippen molar-refractivity contribution in [2.45, 2.75) is 0 Å². The second kappa shape index (κ2) is 6.23. The Hall–Kier alpha value is -3.28. The summed E-state index contributed by atoms with van der Waals surface area (Å²) in [5.41, 5.74) is 2.75. The van der Waals surface area contributed by atoms with Gasteiger partial charge in [-0.3, -0.25) is 25.2 Å². The summed E-state index contributed by atoms with van der Waals surface area (Å²) in [7, 11) is 0. The first-order valence-electron chi connectivity index (χ1n) is 6.99. The molecular weight excluding hydrogens is 294 g/mol. The maximum atomic E-state index is 11.6. The molecule has 1 heterocycles. The number of hydrogen-bond donors (Lipinski definition) is 2. The van der Waals surface area contributed by atoms with Crippen LogP contribution in [0.15, 0.2) is 59.6 Å². The van der Waals surface area contributed by atoms with Crippen LogP contribution in [0, 0.1) is 5.92 Å². The molecule has 1 fully saturated rings. The van der Waals surface area contributed by atoms with E-state index in [1.807, 2.05) is 53.1 Å². The Morgan fingerprint density at radius 3 is 1.96 bits per heavy atom. The van der Waals surface area contributed by atoms with E-state index in [0.717, 1.165) is 11.1 Å². The smallest absolute Gasteiger partial charge is 0.277 e. The van der Waals surface area contributed by atoms with Crippen LogP contribution >= 0.6 is 0 Å². The molecule has 0 saturated carbocycles. The highest BCUT2D eigenvalue weighted by atomic mass is 16.2. The number of urea groups is 1. The molecule has 2 aromatic rings. The normalized spacial score (nSPS) is 15.6. The van der Waals surface area contributed by atoms with Gasteiger partial charge in [-0.25, -0.2) is 4.79 Å². The molecule has 6 heteroatoms. The fourth-order valence-corrected chi connectivity index (χ4v) is 2.20. The van der Waals surface area contributed by atoms with E-state index in [4.69, 9.17) is 0 Å². The highest BCUT2D eigenvalue weighted by Crippen LogP contribution is 2.22. The molecule has 0 bridgehead atoms. The van der Waals surface area contributed by atoms with Gasteiger partial charge in [-0.1, -0.05) is 42.5 Å². The zero-order valence-corrected chi connectivity index (χ0v) is 12.0. The molecule has 6 nitrogen and oxygen atoms in total. The van der Waals surface area contributed by atoms with E-state index in [0.29, 0.717) is 5.69 Å². The van der Waals surface area contributed by atoms with Gasteiger partial charge in [0.25, 0.3) is 0 Å². The first-order chi connectivity index (χ1) is 11.1. The standard InChI is InChI=1S/C17H13N3O3/c21-15-14(16(22)20-17(23)19-15)10-18-13-8-6-12(7-9-13)11-4-2-1-3-5-11/h1-10,14H,(H2,19,20,21,22,23). The molecule has 0 atom stereocenters. The summed E-state index contributed by atoms with van der Waals surface area (Å²) < 4.78 is 0. The summed E-state index contributed by atoms with van der Waals surface area (Å²) >= 11 is 0. The van der Waals surface area contributed by atoms with E-state index < -0.39 is 23.8 Å². The zero-order valence-electron chi connectivity index (χ0n) is 12.0. The molecule has 2 N–H and O–H groups in total. The van der Waals surface area contributed by atoms with Gasteiger partial charge in [-0.05, 0) is 23.3 Å². The molecule has 0 unspecified atom stereocenters. The Bertz CT molecular complexity index is 762. The van der Waals surface area contributed by atoms with Gasteiger partial charge in [0.2, 0.25) is 11.8 Å². The highest BCUT2D eigenvalue weighted by Gasteiger charge is 2.32. The quantitative estimate of drug-likeness (QED) is 0.672. The van der Waals surface area contributed by atoms with Gasteiger partial charge in [0, 0.05) is 6.21 Å². The molecule has 4 amide bonds. The number of barbiturate groups is 1. The second-order valence-corrected chi connectivity index (χ2v) is 4.98. The number of amides is 4. The lowest BCUT2D eigenvalue weighted by Gasteiger charge is -2.16. The predicted molar refractivity (Wildman–Crippen MR) is 85.2 cm³/mol. The van der Waals surface area contributed by atoms with E-state index in [1.54, 1.807) is 12.1 Å². The largest absolute Gasteiger partial charge is 0.328 e. The van der Waals surface area contributed by atoms with Crippen molar-refractivity contribution in [1.29, 1.82) is 0 Å². The minimum absolute atomic E-state index is 0.613. The van der Waals surface area contributed by atoms with Crippen molar-refractivity contribution >= 4 is 29.7 Å². The minimum atomic E-state index is -1.11. The van der Waals surface area contributed by atoms with Crippen molar-refractivity contribution < 1.29 is 14.4 Å². The lowest BCUT2D eigenvalue weighted by molar-refractivity contribution is -0.132. The number of hydrogen-bond acceptors (Lipinski definition) is 4. The summed E-state index contributed by atoms with van der Waals surface area (Å²) in [6.07, 6.45) is 1.23. The molecule has 23 heavy (non-hydrogen) atoms. The highest BCUT2D eigenvalue weighted by molar-refractivity contribution is 6.23. The summed E-state index contributed by atoms with van der Waals surface area (Å²) in [6, 6.07) is 16.5. The molecule has 3 rings (SSSR count). The Morgan fingerprint density at radius 2 is 1.35 bits per heavy atom. The zero-order chi connectivity index (χ0) is 16.2. The van der Waals surface area contributed by atoms with Crippen LogP contribution in [0.3, 0.4) is 0 Å². The Kier molecular flexibility index (Phi) is 3.97. The number of carbonyl (C=O) groups excluding carboxylic acids is 3. The molecule has 1 aliphatic rings. The maximum absolute atomic E-state index is 11.6. The maximum Gasteiger partial charge on any atom is 0.328 e. The summed E-state index contributed by atoms with van der Waals surface area (Å²) in [6.45, 7) is 0. The fourth-order valence-electron chi connectivity index (χ4n) is 2.20. The number of benzene rings is 2. The Balaban J connectivity index is 1.74. The Morgan fingerprint density at radius 1 is 0.783 bits per heavy atom. The lowest BCUT2D eigenvalue weighted by atomic mass is 10.1. The topological polar surface area (TPSA) is 87.6 Å². The minimum Gasteiger partial charge on any atom is -0.277 e. The Labute approximate surface area is 132 Å². The number of imide groups is 2. The molecule has 0 spiro atoms. The molecule has 114 valence electrons. The van der Waals surface area contributed by atoms with Crippen molar-refractivity contribution in [3.63, 3.8) is 0 Å². The summed E-state index contributed by atoms with van der Waals surface area (Å²) in [5.74, 6) is -2.46. The third-order valence-corrected chi connectivity index (χ3v) is 3.39. The van der Waals surface area contributed by atoms with E-state index in [-0.39, 0.29) is 0 Å². The molecular formula is C17H13N3O3. The van der Waals surface area contributed by atoms with Crippen molar-refractivity contribution in [3.05, 3.63) is 54.6 Å². The van der Waals surface area contributed by atoms with Gasteiger partial charge in [0.15, 0.2) is 5.92 Å². The predicted octanol–water partition coefficient (Wildman–Crippen LogP) is 2.04. The molecule has 0 radical (unpaired) electrons. The van der Waals surface area contributed by atoms with Crippen molar-refractivity contribution in [1.82, 2.24) is 10.6 Å². The van der Waals surface area contributed by atoms with E-state index in [2.05, 4.69) is 4.99 Å². The van der Waals surface area contributed by atoms with Gasteiger partial charge in [0.1, 0.15) is 0 Å². The number of nitrogens with zero attached hydrogens (tertiary/aromatic N) is 1. The molecule has 2 aromatic carbocycles. The van der Waals surface area contributed by atoms with Crippen LogP contribution < -0.4 is 10.6 Å². The average molecular weight is 307 g/mol. The van der Waals surface area contributed by atoms with Crippen LogP contribution in [0.4, 0.5) is 10.5 Å². The van der Waals surface area contributed by atoms with Gasteiger partial charge < -0.3 is 0 Å². The fraction of sp³-hybridized carbons (Fsp3) is 0.0588. The molecule has 0 aliphatic carbocycles. The van der Waals surface area contributed by atoms with Crippen LogP contribution in [0.25, 0.3) is 11.1 Å².